The summed E-state index contributed by atoms with van der Waals surface area (Å²) in [5.74, 6) is 0.533. The Morgan fingerprint density at radius 3 is 2.83 bits per heavy atom. The topological polar surface area (TPSA) is 41.1 Å². The van der Waals surface area contributed by atoms with Crippen molar-refractivity contribution < 1.29 is 4.79 Å². The average molecular weight is 246 g/mol. The van der Waals surface area contributed by atoms with Crippen molar-refractivity contribution in [2.75, 3.05) is 11.9 Å². The van der Waals surface area contributed by atoms with E-state index in [1.807, 2.05) is 19.1 Å². The van der Waals surface area contributed by atoms with Crippen molar-refractivity contribution in [1.82, 2.24) is 5.32 Å². The van der Waals surface area contributed by atoms with Gasteiger partial charge in [-0.15, -0.1) is 0 Å². The highest BCUT2D eigenvalue weighted by Gasteiger charge is 2.19. The summed E-state index contributed by atoms with van der Waals surface area (Å²) in [5, 5.41) is 6.43. The van der Waals surface area contributed by atoms with Crippen LogP contribution in [0.4, 0.5) is 5.69 Å². The molecule has 3 heteroatoms. The molecule has 2 N–H and O–H groups in total. The molecule has 1 unspecified atom stereocenters. The molecule has 0 bridgehead atoms. The zero-order valence-corrected chi connectivity index (χ0v) is 11.4. The van der Waals surface area contributed by atoms with Gasteiger partial charge >= 0.3 is 0 Å². The van der Waals surface area contributed by atoms with Crippen LogP contribution in [0.1, 0.15) is 31.9 Å². The zero-order valence-electron chi connectivity index (χ0n) is 11.4. The fraction of sp³-hybridized carbons (Fsp3) is 0.533. The Balaban J connectivity index is 2.17. The molecule has 98 valence electrons. The molecule has 1 aromatic rings. The number of hydrogen-bond donors (Lipinski definition) is 2. The minimum absolute atomic E-state index is 0.0440. The summed E-state index contributed by atoms with van der Waals surface area (Å²) in [5.41, 5.74) is 3.59. The van der Waals surface area contributed by atoms with E-state index in [2.05, 4.69) is 30.5 Å². The lowest BCUT2D eigenvalue weighted by molar-refractivity contribution is -0.120. The number of carbonyl (C=O) groups excluding carboxylic acids is 1. The molecule has 0 aromatic heterocycles. The first-order valence-electron chi connectivity index (χ1n) is 6.72. The van der Waals surface area contributed by atoms with Crippen LogP contribution < -0.4 is 10.6 Å². The Morgan fingerprint density at radius 2 is 2.11 bits per heavy atom. The maximum absolute atomic E-state index is 12.1. The van der Waals surface area contributed by atoms with Crippen molar-refractivity contribution in [3.63, 3.8) is 0 Å². The van der Waals surface area contributed by atoms with Crippen LogP contribution in [0.5, 0.6) is 0 Å². The second kappa shape index (κ2) is 5.53. The van der Waals surface area contributed by atoms with Gasteiger partial charge in [0.1, 0.15) is 0 Å². The molecule has 1 amide bonds. The van der Waals surface area contributed by atoms with Gasteiger partial charge in [-0.05, 0) is 36.1 Å². The highest BCUT2D eigenvalue weighted by Crippen LogP contribution is 2.24. The molecular weight excluding hydrogens is 224 g/mol. The minimum atomic E-state index is 0.0440. The maximum Gasteiger partial charge on any atom is 0.227 e. The molecule has 18 heavy (non-hydrogen) atoms. The van der Waals surface area contributed by atoms with Crippen LogP contribution in [0.3, 0.4) is 0 Å². The van der Waals surface area contributed by atoms with E-state index in [-0.39, 0.29) is 11.8 Å². The molecule has 0 radical (unpaired) electrons. The van der Waals surface area contributed by atoms with E-state index >= 15 is 0 Å². The summed E-state index contributed by atoms with van der Waals surface area (Å²) in [7, 11) is 0. The Morgan fingerprint density at radius 1 is 1.33 bits per heavy atom. The van der Waals surface area contributed by atoms with Crippen LogP contribution in [0.25, 0.3) is 0 Å². The largest absolute Gasteiger partial charge is 0.326 e. The number of rotatable bonds is 3. The molecule has 1 aliphatic rings. The van der Waals surface area contributed by atoms with E-state index in [9.17, 15) is 4.79 Å². The molecule has 1 heterocycles. The van der Waals surface area contributed by atoms with Gasteiger partial charge in [-0.1, -0.05) is 32.9 Å². The van der Waals surface area contributed by atoms with Gasteiger partial charge in [0.25, 0.3) is 0 Å². The van der Waals surface area contributed by atoms with Crippen LogP contribution >= 0.6 is 0 Å². The van der Waals surface area contributed by atoms with E-state index in [4.69, 9.17) is 0 Å². The Bertz CT molecular complexity index is 440. The van der Waals surface area contributed by atoms with Gasteiger partial charge in [-0.25, -0.2) is 0 Å². The molecule has 0 fully saturated rings. The standard InChI is InChI=1S/C15H22N2O/c1-10(2)11(3)15(18)17-14-6-4-5-12-9-16-8-7-13(12)14/h4-6,10-11,16H,7-9H2,1-3H3,(H,17,18). The summed E-state index contributed by atoms with van der Waals surface area (Å²) in [6.07, 6.45) is 0.988. The highest BCUT2D eigenvalue weighted by atomic mass is 16.1. The van der Waals surface area contributed by atoms with Gasteiger partial charge in [0, 0.05) is 18.2 Å². The van der Waals surface area contributed by atoms with Crippen molar-refractivity contribution in [1.29, 1.82) is 0 Å². The van der Waals surface area contributed by atoms with E-state index in [1.165, 1.54) is 11.1 Å². The second-order valence-electron chi connectivity index (χ2n) is 5.39. The molecular formula is C15H22N2O. The number of hydrogen-bond acceptors (Lipinski definition) is 2. The lowest BCUT2D eigenvalue weighted by atomic mass is 9.95. The normalized spacial score (nSPS) is 16.2. The lowest BCUT2D eigenvalue weighted by Gasteiger charge is -2.22. The van der Waals surface area contributed by atoms with E-state index in [0.29, 0.717) is 5.92 Å². The molecule has 0 aliphatic carbocycles. The fourth-order valence-corrected chi connectivity index (χ4v) is 2.20. The molecule has 0 spiro atoms. The van der Waals surface area contributed by atoms with Crippen LogP contribution in [-0.4, -0.2) is 12.5 Å². The van der Waals surface area contributed by atoms with Gasteiger partial charge < -0.3 is 10.6 Å². The van der Waals surface area contributed by atoms with Crippen molar-refractivity contribution in [3.8, 4) is 0 Å². The summed E-state index contributed by atoms with van der Waals surface area (Å²) < 4.78 is 0. The third-order valence-electron chi connectivity index (χ3n) is 3.81. The maximum atomic E-state index is 12.1. The van der Waals surface area contributed by atoms with Gasteiger partial charge in [0.15, 0.2) is 0 Å². The predicted octanol–water partition coefficient (Wildman–Crippen LogP) is 2.56. The summed E-state index contributed by atoms with van der Waals surface area (Å²) in [6.45, 7) is 8.03. The Kier molecular flexibility index (Phi) is 4.02. The number of fused-ring (bicyclic) bond motifs is 1. The quantitative estimate of drug-likeness (QED) is 0.860. The van der Waals surface area contributed by atoms with Crippen LogP contribution in [0, 0.1) is 11.8 Å². The minimum Gasteiger partial charge on any atom is -0.326 e. The first-order chi connectivity index (χ1) is 8.59. The molecule has 3 nitrogen and oxygen atoms in total. The molecule has 1 aromatic carbocycles. The summed E-state index contributed by atoms with van der Waals surface area (Å²) in [4.78, 5) is 12.1. The number of carbonyl (C=O) groups is 1. The first-order valence-corrected chi connectivity index (χ1v) is 6.72. The van der Waals surface area contributed by atoms with Gasteiger partial charge in [0.05, 0.1) is 0 Å². The number of benzene rings is 1. The van der Waals surface area contributed by atoms with Crippen LogP contribution in [0.15, 0.2) is 18.2 Å². The monoisotopic (exact) mass is 246 g/mol. The zero-order chi connectivity index (χ0) is 13.1. The van der Waals surface area contributed by atoms with Crippen LogP contribution in [0.2, 0.25) is 0 Å². The third-order valence-corrected chi connectivity index (χ3v) is 3.81. The van der Waals surface area contributed by atoms with Crippen molar-refractivity contribution in [2.45, 2.75) is 33.7 Å². The van der Waals surface area contributed by atoms with E-state index in [1.54, 1.807) is 0 Å². The van der Waals surface area contributed by atoms with Crippen molar-refractivity contribution in [2.24, 2.45) is 11.8 Å². The summed E-state index contributed by atoms with van der Waals surface area (Å²) in [6, 6.07) is 6.15. The van der Waals surface area contributed by atoms with E-state index in [0.717, 1.165) is 25.2 Å². The predicted molar refractivity (Wildman–Crippen MR) is 74.5 cm³/mol. The number of nitrogens with one attached hydrogen (secondary N) is 2. The highest BCUT2D eigenvalue weighted by molar-refractivity contribution is 5.93. The SMILES string of the molecule is CC(C)C(C)C(=O)Nc1cccc2c1CCNC2. The number of anilines is 1. The van der Waals surface area contributed by atoms with Gasteiger partial charge in [-0.2, -0.15) is 0 Å². The molecule has 1 atom stereocenters. The first kappa shape index (κ1) is 13.1. The van der Waals surface area contributed by atoms with Crippen LogP contribution in [-0.2, 0) is 17.8 Å². The van der Waals surface area contributed by atoms with Crippen molar-refractivity contribution in [3.05, 3.63) is 29.3 Å². The lowest BCUT2D eigenvalue weighted by Crippen LogP contribution is -2.28. The van der Waals surface area contributed by atoms with Gasteiger partial charge in [0.2, 0.25) is 5.91 Å². The number of amides is 1. The third kappa shape index (κ3) is 2.72. The molecule has 2 rings (SSSR count). The Labute approximate surface area is 109 Å². The van der Waals surface area contributed by atoms with Gasteiger partial charge in [-0.3, -0.25) is 4.79 Å². The molecule has 0 saturated carbocycles. The smallest absolute Gasteiger partial charge is 0.227 e. The molecule has 0 saturated heterocycles. The van der Waals surface area contributed by atoms with Crippen molar-refractivity contribution >= 4 is 11.6 Å². The Hall–Kier alpha value is -1.35. The van der Waals surface area contributed by atoms with E-state index < -0.39 is 0 Å². The second-order valence-corrected chi connectivity index (χ2v) is 5.39. The summed E-state index contributed by atoms with van der Waals surface area (Å²) >= 11 is 0. The average Bonchev–Trinajstić information content (AvgIpc) is 2.38. The fourth-order valence-electron chi connectivity index (χ4n) is 2.20. The molecule has 1 aliphatic heterocycles.